The van der Waals surface area contributed by atoms with Crippen molar-refractivity contribution >= 4 is 0 Å². The summed E-state index contributed by atoms with van der Waals surface area (Å²) in [5.74, 6) is 0.852. The molecule has 1 aliphatic rings. The first kappa shape index (κ1) is 14.5. The molecule has 19 heavy (non-hydrogen) atoms. The zero-order valence-corrected chi connectivity index (χ0v) is 12.2. The average molecular weight is 261 g/mol. The summed E-state index contributed by atoms with van der Waals surface area (Å²) in [6.07, 6.45) is 6.44. The standard InChI is InChI=1S/C17H27NO/c1-3-14-8-7-11-16(12-14)18-17(2,13-19)15-9-5-4-6-10-15/h4-6,9-10,14,16,18-19H,3,7-8,11-13H2,1-2H3. The molecule has 0 spiro atoms. The molecule has 0 bridgehead atoms. The minimum absolute atomic E-state index is 0.143. The van der Waals surface area contributed by atoms with E-state index in [1.54, 1.807) is 0 Å². The number of benzene rings is 1. The predicted molar refractivity (Wildman–Crippen MR) is 80.1 cm³/mol. The van der Waals surface area contributed by atoms with Crippen LogP contribution < -0.4 is 5.32 Å². The van der Waals surface area contributed by atoms with E-state index >= 15 is 0 Å². The summed E-state index contributed by atoms with van der Waals surface area (Å²) in [5, 5.41) is 13.5. The zero-order chi connectivity index (χ0) is 13.7. The Hall–Kier alpha value is -0.860. The van der Waals surface area contributed by atoms with Crippen LogP contribution in [0.3, 0.4) is 0 Å². The van der Waals surface area contributed by atoms with Crippen LogP contribution in [0.25, 0.3) is 0 Å². The summed E-state index contributed by atoms with van der Waals surface area (Å²) in [6, 6.07) is 10.8. The third kappa shape index (κ3) is 3.58. The number of aliphatic hydroxyl groups excluding tert-OH is 1. The van der Waals surface area contributed by atoms with Gasteiger partial charge in [-0.1, -0.05) is 56.5 Å². The quantitative estimate of drug-likeness (QED) is 0.851. The van der Waals surface area contributed by atoms with E-state index in [1.807, 2.05) is 18.2 Å². The summed E-state index contributed by atoms with van der Waals surface area (Å²) in [4.78, 5) is 0. The highest BCUT2D eigenvalue weighted by molar-refractivity contribution is 5.24. The monoisotopic (exact) mass is 261 g/mol. The minimum Gasteiger partial charge on any atom is -0.394 e. The minimum atomic E-state index is -0.318. The topological polar surface area (TPSA) is 32.3 Å². The van der Waals surface area contributed by atoms with Crippen LogP contribution in [0.2, 0.25) is 0 Å². The molecule has 2 heteroatoms. The molecule has 2 N–H and O–H groups in total. The second-order valence-corrected chi connectivity index (χ2v) is 6.14. The lowest BCUT2D eigenvalue weighted by Crippen LogP contribution is -2.49. The zero-order valence-electron chi connectivity index (χ0n) is 12.2. The molecule has 0 radical (unpaired) electrons. The fourth-order valence-electron chi connectivity index (χ4n) is 3.27. The fourth-order valence-corrected chi connectivity index (χ4v) is 3.27. The predicted octanol–water partition coefficient (Wildman–Crippen LogP) is 3.45. The summed E-state index contributed by atoms with van der Waals surface area (Å²) in [7, 11) is 0. The first-order valence-electron chi connectivity index (χ1n) is 7.62. The summed E-state index contributed by atoms with van der Waals surface area (Å²) < 4.78 is 0. The number of aliphatic hydroxyl groups is 1. The molecule has 2 nitrogen and oxygen atoms in total. The molecule has 1 fully saturated rings. The molecular weight excluding hydrogens is 234 g/mol. The smallest absolute Gasteiger partial charge is 0.0652 e. The van der Waals surface area contributed by atoms with Crippen molar-refractivity contribution in [3.63, 3.8) is 0 Å². The van der Waals surface area contributed by atoms with E-state index in [9.17, 15) is 5.11 Å². The number of nitrogens with one attached hydrogen (secondary N) is 1. The molecular formula is C17H27NO. The molecule has 0 aromatic heterocycles. The average Bonchev–Trinajstić information content (AvgIpc) is 2.48. The largest absolute Gasteiger partial charge is 0.394 e. The molecule has 2 rings (SSSR count). The van der Waals surface area contributed by atoms with Gasteiger partial charge in [0.05, 0.1) is 12.1 Å². The lowest BCUT2D eigenvalue weighted by molar-refractivity contribution is 0.140. The second kappa shape index (κ2) is 6.53. The maximum absolute atomic E-state index is 9.83. The van der Waals surface area contributed by atoms with Crippen LogP contribution in [-0.4, -0.2) is 17.8 Å². The third-order valence-corrected chi connectivity index (χ3v) is 4.61. The highest BCUT2D eigenvalue weighted by Gasteiger charge is 2.30. The molecule has 0 saturated heterocycles. The highest BCUT2D eigenvalue weighted by Crippen LogP contribution is 2.30. The molecule has 0 amide bonds. The molecule has 1 aliphatic carbocycles. The van der Waals surface area contributed by atoms with E-state index in [4.69, 9.17) is 0 Å². The van der Waals surface area contributed by atoms with Gasteiger partial charge in [-0.3, -0.25) is 0 Å². The Balaban J connectivity index is 2.06. The van der Waals surface area contributed by atoms with E-state index < -0.39 is 0 Å². The maximum atomic E-state index is 9.83. The van der Waals surface area contributed by atoms with Crippen molar-refractivity contribution in [3.8, 4) is 0 Å². The van der Waals surface area contributed by atoms with Gasteiger partial charge < -0.3 is 10.4 Å². The van der Waals surface area contributed by atoms with Crippen LogP contribution >= 0.6 is 0 Å². The van der Waals surface area contributed by atoms with Gasteiger partial charge in [0.25, 0.3) is 0 Å². The lowest BCUT2D eigenvalue weighted by Gasteiger charge is -2.38. The van der Waals surface area contributed by atoms with Gasteiger partial charge in [0, 0.05) is 6.04 Å². The Morgan fingerprint density at radius 3 is 2.63 bits per heavy atom. The molecule has 0 heterocycles. The number of hydrogen-bond donors (Lipinski definition) is 2. The lowest BCUT2D eigenvalue weighted by atomic mass is 9.82. The van der Waals surface area contributed by atoms with Gasteiger partial charge in [0.1, 0.15) is 0 Å². The van der Waals surface area contributed by atoms with Gasteiger partial charge in [-0.15, -0.1) is 0 Å². The van der Waals surface area contributed by atoms with Gasteiger partial charge in [0.15, 0.2) is 0 Å². The van der Waals surface area contributed by atoms with Crippen molar-refractivity contribution in [1.29, 1.82) is 0 Å². The van der Waals surface area contributed by atoms with Crippen LogP contribution in [0, 0.1) is 5.92 Å². The molecule has 1 aromatic carbocycles. The summed E-state index contributed by atoms with van der Waals surface area (Å²) >= 11 is 0. The van der Waals surface area contributed by atoms with E-state index in [0.717, 1.165) is 5.92 Å². The molecule has 1 aromatic rings. The maximum Gasteiger partial charge on any atom is 0.0652 e. The van der Waals surface area contributed by atoms with Crippen LogP contribution in [0.5, 0.6) is 0 Å². The third-order valence-electron chi connectivity index (χ3n) is 4.61. The molecule has 3 unspecified atom stereocenters. The van der Waals surface area contributed by atoms with Crippen molar-refractivity contribution in [3.05, 3.63) is 35.9 Å². The Morgan fingerprint density at radius 1 is 1.26 bits per heavy atom. The van der Waals surface area contributed by atoms with Crippen molar-refractivity contribution < 1.29 is 5.11 Å². The molecule has 1 saturated carbocycles. The van der Waals surface area contributed by atoms with Crippen molar-refractivity contribution in [2.45, 2.75) is 57.5 Å². The molecule has 106 valence electrons. The van der Waals surface area contributed by atoms with Gasteiger partial charge in [-0.05, 0) is 31.2 Å². The summed E-state index contributed by atoms with van der Waals surface area (Å²) in [6.45, 7) is 4.54. The van der Waals surface area contributed by atoms with Crippen LogP contribution in [0.15, 0.2) is 30.3 Å². The van der Waals surface area contributed by atoms with E-state index in [1.165, 1.54) is 37.7 Å². The van der Waals surface area contributed by atoms with Crippen molar-refractivity contribution in [2.75, 3.05) is 6.61 Å². The Kier molecular flexibility index (Phi) is 5.00. The number of rotatable bonds is 5. The SMILES string of the molecule is CCC1CCCC(NC(C)(CO)c2ccccc2)C1. The highest BCUT2D eigenvalue weighted by atomic mass is 16.3. The molecule has 3 atom stereocenters. The van der Waals surface area contributed by atoms with Crippen LogP contribution in [0.4, 0.5) is 0 Å². The second-order valence-electron chi connectivity index (χ2n) is 6.14. The Morgan fingerprint density at radius 2 is 2.00 bits per heavy atom. The van der Waals surface area contributed by atoms with E-state index in [2.05, 4.69) is 31.3 Å². The number of hydrogen-bond acceptors (Lipinski definition) is 2. The first-order chi connectivity index (χ1) is 9.18. The van der Waals surface area contributed by atoms with Gasteiger partial charge in [-0.2, -0.15) is 0 Å². The van der Waals surface area contributed by atoms with Gasteiger partial charge in [-0.25, -0.2) is 0 Å². The Bertz CT molecular complexity index is 378. The van der Waals surface area contributed by atoms with Crippen molar-refractivity contribution in [1.82, 2.24) is 5.32 Å². The van der Waals surface area contributed by atoms with Crippen molar-refractivity contribution in [2.24, 2.45) is 5.92 Å². The van der Waals surface area contributed by atoms with Crippen LogP contribution in [-0.2, 0) is 5.54 Å². The summed E-state index contributed by atoms with van der Waals surface area (Å²) in [5.41, 5.74) is 0.859. The van der Waals surface area contributed by atoms with E-state index in [-0.39, 0.29) is 12.1 Å². The normalized spacial score (nSPS) is 26.9. The van der Waals surface area contributed by atoms with Gasteiger partial charge >= 0.3 is 0 Å². The first-order valence-corrected chi connectivity index (χ1v) is 7.62. The van der Waals surface area contributed by atoms with Crippen LogP contribution in [0.1, 0.15) is 51.5 Å². The Labute approximate surface area is 117 Å². The van der Waals surface area contributed by atoms with Gasteiger partial charge in [0.2, 0.25) is 0 Å². The van der Waals surface area contributed by atoms with E-state index in [0.29, 0.717) is 6.04 Å². The fraction of sp³-hybridized carbons (Fsp3) is 0.647. The molecule has 0 aliphatic heterocycles.